The summed E-state index contributed by atoms with van der Waals surface area (Å²) in [5.41, 5.74) is 5.53. The molecule has 3 aromatic heterocycles. The summed E-state index contributed by atoms with van der Waals surface area (Å²) in [6, 6.07) is 9.09. The molecule has 10 nitrogen and oxygen atoms in total. The van der Waals surface area contributed by atoms with Crippen LogP contribution in [0.5, 0.6) is 0 Å². The first-order valence-corrected chi connectivity index (χ1v) is 14.2. The normalized spacial score (nSPS) is 19.6. The predicted octanol–water partition coefficient (Wildman–Crippen LogP) is 5.49. The molecule has 0 fully saturated rings. The number of fused-ring (bicyclic) bond motifs is 4. The van der Waals surface area contributed by atoms with Crippen molar-refractivity contribution in [2.45, 2.75) is 38.6 Å². The molecule has 0 saturated carbocycles. The Morgan fingerprint density at radius 2 is 1.95 bits per heavy atom. The summed E-state index contributed by atoms with van der Waals surface area (Å²) in [5.74, 6) is -0.340. The van der Waals surface area contributed by atoms with Gasteiger partial charge in [-0.1, -0.05) is 41.8 Å². The summed E-state index contributed by atoms with van der Waals surface area (Å²) in [7, 11) is 1.84. The van der Waals surface area contributed by atoms with E-state index in [0.717, 1.165) is 40.2 Å². The number of amides is 2. The molecule has 2 amide bonds. The highest BCUT2D eigenvalue weighted by atomic mass is 35.5. The van der Waals surface area contributed by atoms with Gasteiger partial charge in [0.15, 0.2) is 5.15 Å². The van der Waals surface area contributed by atoms with Gasteiger partial charge in [0.1, 0.15) is 0 Å². The minimum atomic E-state index is -0.250. The minimum absolute atomic E-state index is 0.0433. The molecule has 0 unspecified atom stereocenters. The van der Waals surface area contributed by atoms with Crippen LogP contribution >= 0.6 is 23.2 Å². The van der Waals surface area contributed by atoms with E-state index in [1.54, 1.807) is 40.1 Å². The van der Waals surface area contributed by atoms with Gasteiger partial charge in [0, 0.05) is 47.9 Å². The highest BCUT2D eigenvalue weighted by Gasteiger charge is 2.31. The SMILES string of the molecule is C[C@@H]1CCC[C@H](N2CCC(c3cc(Cl)ccc3-n3cc(Cl)nn3)=CC2=O)c2cc(ccn2)-c2c(cnn2C)NC1=O. The zero-order valence-corrected chi connectivity index (χ0v) is 24.1. The number of rotatable bonds is 3. The minimum Gasteiger partial charge on any atom is -0.330 e. The summed E-state index contributed by atoms with van der Waals surface area (Å²) in [5, 5.41) is 16.2. The third kappa shape index (κ3) is 5.37. The molecule has 12 heteroatoms. The maximum Gasteiger partial charge on any atom is 0.247 e. The summed E-state index contributed by atoms with van der Waals surface area (Å²) in [4.78, 5) is 33.3. The molecule has 41 heavy (non-hydrogen) atoms. The van der Waals surface area contributed by atoms with Gasteiger partial charge in [-0.25, -0.2) is 4.68 Å². The van der Waals surface area contributed by atoms with Gasteiger partial charge in [0.05, 0.1) is 41.2 Å². The lowest BCUT2D eigenvalue weighted by atomic mass is 9.93. The highest BCUT2D eigenvalue weighted by molar-refractivity contribution is 6.31. The maximum atomic E-state index is 13.8. The molecule has 5 heterocycles. The van der Waals surface area contributed by atoms with Crippen molar-refractivity contribution >= 4 is 46.3 Å². The first-order chi connectivity index (χ1) is 19.8. The number of halogens is 2. The number of benzene rings is 1. The third-order valence-corrected chi connectivity index (χ3v) is 8.16. The quantitative estimate of drug-likeness (QED) is 0.338. The Labute approximate surface area is 247 Å². The number of nitrogens with zero attached hydrogens (tertiary/aromatic N) is 7. The number of pyridine rings is 1. The van der Waals surface area contributed by atoms with Crippen molar-refractivity contribution in [2.75, 3.05) is 11.9 Å². The Kier molecular flexibility index (Phi) is 7.35. The van der Waals surface area contributed by atoms with Gasteiger partial charge >= 0.3 is 0 Å². The van der Waals surface area contributed by atoms with Gasteiger partial charge in [-0.05, 0) is 55.2 Å². The van der Waals surface area contributed by atoms with Crippen molar-refractivity contribution in [3.05, 3.63) is 76.4 Å². The smallest absolute Gasteiger partial charge is 0.247 e. The average Bonchev–Trinajstić information content (AvgIpc) is 3.55. The molecule has 2 bridgehead atoms. The number of carbonyl (C=O) groups excluding carboxylic acids is 2. The van der Waals surface area contributed by atoms with Gasteiger partial charge in [0.2, 0.25) is 11.8 Å². The van der Waals surface area contributed by atoms with E-state index in [1.165, 1.54) is 0 Å². The molecule has 0 aliphatic carbocycles. The van der Waals surface area contributed by atoms with Crippen LogP contribution < -0.4 is 5.32 Å². The monoisotopic (exact) mass is 590 g/mol. The maximum absolute atomic E-state index is 13.8. The van der Waals surface area contributed by atoms with Crippen LogP contribution in [0.4, 0.5) is 5.69 Å². The van der Waals surface area contributed by atoms with E-state index >= 15 is 0 Å². The fourth-order valence-corrected chi connectivity index (χ4v) is 5.92. The fourth-order valence-electron chi connectivity index (χ4n) is 5.62. The standard InChI is InChI=1S/C29H28Cl2N8O2/c1-17-4-3-5-25(22-12-19(8-10-32-22)28-23(34-29(17)41)15-33-37(28)2)38-11-9-18(13-27(38)40)21-14-20(30)6-7-24(21)39-16-26(31)35-36-39/h6-8,10,12-17,25H,3-5,9,11H2,1-2H3,(H,34,41)/t17-,25+/m1/s1. The number of aryl methyl sites for hydroxylation is 1. The molecular formula is C29H28Cl2N8O2. The molecule has 2 aliphatic rings. The van der Waals surface area contributed by atoms with Gasteiger partial charge in [-0.3, -0.25) is 19.3 Å². The lowest BCUT2D eigenvalue weighted by Crippen LogP contribution is -2.38. The highest BCUT2D eigenvalue weighted by Crippen LogP contribution is 2.37. The molecule has 210 valence electrons. The van der Waals surface area contributed by atoms with Crippen molar-refractivity contribution in [1.29, 1.82) is 0 Å². The number of anilines is 1. The lowest BCUT2D eigenvalue weighted by molar-refractivity contribution is -0.129. The molecule has 4 aromatic rings. The van der Waals surface area contributed by atoms with Gasteiger partial charge in [-0.15, -0.1) is 5.10 Å². The topological polar surface area (TPSA) is 111 Å². The van der Waals surface area contributed by atoms with Crippen LogP contribution in [0.25, 0.3) is 22.5 Å². The Morgan fingerprint density at radius 1 is 1.10 bits per heavy atom. The van der Waals surface area contributed by atoms with Crippen molar-refractivity contribution in [1.82, 2.24) is 34.7 Å². The van der Waals surface area contributed by atoms with E-state index in [0.29, 0.717) is 36.5 Å². The van der Waals surface area contributed by atoms with E-state index in [2.05, 4.69) is 20.7 Å². The van der Waals surface area contributed by atoms with Crippen molar-refractivity contribution in [2.24, 2.45) is 13.0 Å². The molecule has 0 radical (unpaired) electrons. The first-order valence-electron chi connectivity index (χ1n) is 13.5. The third-order valence-electron chi connectivity index (χ3n) is 7.75. The molecule has 1 aromatic carbocycles. The van der Waals surface area contributed by atoms with Crippen LogP contribution in [0.1, 0.15) is 49.9 Å². The number of hydrogen-bond acceptors (Lipinski definition) is 6. The summed E-state index contributed by atoms with van der Waals surface area (Å²) in [6.45, 7) is 2.42. The van der Waals surface area contributed by atoms with Crippen LogP contribution in [-0.4, -0.2) is 53.0 Å². The summed E-state index contributed by atoms with van der Waals surface area (Å²) < 4.78 is 3.32. The van der Waals surface area contributed by atoms with Crippen LogP contribution in [0.15, 0.2) is 55.0 Å². The Balaban J connectivity index is 1.36. The van der Waals surface area contributed by atoms with Crippen LogP contribution in [0.2, 0.25) is 10.2 Å². The van der Waals surface area contributed by atoms with Crippen molar-refractivity contribution in [3.8, 4) is 16.9 Å². The molecule has 0 saturated heterocycles. The molecule has 2 atom stereocenters. The van der Waals surface area contributed by atoms with E-state index in [-0.39, 0.29) is 28.9 Å². The second-order valence-corrected chi connectivity index (χ2v) is 11.3. The second kappa shape index (κ2) is 11.1. The molecular weight excluding hydrogens is 563 g/mol. The number of aromatic nitrogens is 6. The molecule has 2 aliphatic heterocycles. The molecule has 0 spiro atoms. The lowest BCUT2D eigenvalue weighted by Gasteiger charge is -2.34. The Morgan fingerprint density at radius 3 is 2.73 bits per heavy atom. The Hall–Kier alpha value is -4.02. The first kappa shape index (κ1) is 27.2. The van der Waals surface area contributed by atoms with E-state index in [1.807, 2.05) is 43.1 Å². The zero-order valence-electron chi connectivity index (χ0n) is 22.6. The number of carbonyl (C=O) groups is 2. The van der Waals surface area contributed by atoms with Crippen molar-refractivity contribution in [3.63, 3.8) is 0 Å². The van der Waals surface area contributed by atoms with E-state index in [9.17, 15) is 9.59 Å². The van der Waals surface area contributed by atoms with E-state index in [4.69, 9.17) is 28.2 Å². The van der Waals surface area contributed by atoms with Crippen LogP contribution in [-0.2, 0) is 16.6 Å². The summed E-state index contributed by atoms with van der Waals surface area (Å²) >= 11 is 12.4. The fraction of sp³-hybridized carbons (Fsp3) is 0.310. The van der Waals surface area contributed by atoms with Gasteiger partial charge in [-0.2, -0.15) is 5.10 Å². The average molecular weight is 592 g/mol. The van der Waals surface area contributed by atoms with Crippen LogP contribution in [0, 0.1) is 5.92 Å². The largest absolute Gasteiger partial charge is 0.330 e. The Bertz CT molecular complexity index is 1680. The molecule has 1 N–H and O–H groups in total. The van der Waals surface area contributed by atoms with Crippen LogP contribution in [0.3, 0.4) is 0 Å². The zero-order chi connectivity index (χ0) is 28.7. The number of nitrogens with one attached hydrogen (secondary N) is 1. The number of hydrogen-bond donors (Lipinski definition) is 1. The van der Waals surface area contributed by atoms with Gasteiger partial charge in [0.25, 0.3) is 0 Å². The summed E-state index contributed by atoms with van der Waals surface area (Å²) in [6.07, 6.45) is 9.45. The van der Waals surface area contributed by atoms with Crippen molar-refractivity contribution < 1.29 is 9.59 Å². The van der Waals surface area contributed by atoms with E-state index < -0.39 is 0 Å². The second-order valence-electron chi connectivity index (χ2n) is 10.4. The van der Waals surface area contributed by atoms with Gasteiger partial charge < -0.3 is 10.2 Å². The predicted molar refractivity (Wildman–Crippen MR) is 157 cm³/mol. The molecule has 6 rings (SSSR count).